The number of halogens is 4. The van der Waals surface area contributed by atoms with Gasteiger partial charge in [-0.15, -0.1) is 0 Å². The van der Waals surface area contributed by atoms with Crippen LogP contribution in [0.1, 0.15) is 125 Å². The van der Waals surface area contributed by atoms with Crippen LogP contribution in [-0.4, -0.2) is 0 Å². The molecule has 2 saturated carbocycles. The van der Waals surface area contributed by atoms with Crippen molar-refractivity contribution in [2.24, 2.45) is 11.8 Å². The van der Waals surface area contributed by atoms with Gasteiger partial charge in [-0.1, -0.05) is 51.0 Å². The first-order valence-corrected chi connectivity index (χ1v) is 14.4. The van der Waals surface area contributed by atoms with Crippen molar-refractivity contribution in [1.29, 1.82) is 0 Å². The van der Waals surface area contributed by atoms with Crippen LogP contribution in [0.15, 0.2) is 24.3 Å². The predicted molar refractivity (Wildman–Crippen MR) is 139 cm³/mol. The summed E-state index contributed by atoms with van der Waals surface area (Å²) in [6, 6.07) is 7.15. The van der Waals surface area contributed by atoms with Gasteiger partial charge in [-0.2, -0.15) is 0 Å². The van der Waals surface area contributed by atoms with E-state index in [4.69, 9.17) is 0 Å². The van der Waals surface area contributed by atoms with E-state index in [0.717, 1.165) is 76.5 Å². The molecule has 0 atom stereocenters. The van der Waals surface area contributed by atoms with Crippen molar-refractivity contribution in [2.45, 2.75) is 116 Å². The van der Waals surface area contributed by atoms with E-state index in [9.17, 15) is 17.6 Å². The minimum atomic E-state index is -0.678. The molecule has 0 amide bonds. The molecule has 2 aliphatic carbocycles. The van der Waals surface area contributed by atoms with Gasteiger partial charge in [0.15, 0.2) is 23.3 Å². The minimum absolute atomic E-state index is 0.0345. The van der Waals surface area contributed by atoms with Crippen molar-refractivity contribution < 1.29 is 17.6 Å². The van der Waals surface area contributed by atoms with E-state index in [-0.39, 0.29) is 11.8 Å². The van der Waals surface area contributed by atoms with E-state index in [0.29, 0.717) is 41.0 Å². The minimum Gasteiger partial charge on any atom is -0.203 e. The number of aryl methyl sites for hydroxylation is 2. The van der Waals surface area contributed by atoms with Crippen LogP contribution < -0.4 is 0 Å². The van der Waals surface area contributed by atoms with Crippen molar-refractivity contribution >= 4 is 0 Å². The summed E-state index contributed by atoms with van der Waals surface area (Å²) in [6.07, 6.45) is 12.4. The summed E-state index contributed by atoms with van der Waals surface area (Å²) >= 11 is 0. The monoisotopic (exact) mass is 502 g/mol. The maximum absolute atomic E-state index is 15.0. The zero-order chi connectivity index (χ0) is 25.7. The lowest BCUT2D eigenvalue weighted by atomic mass is 9.76. The van der Waals surface area contributed by atoms with Gasteiger partial charge in [0.05, 0.1) is 0 Å². The van der Waals surface area contributed by atoms with Crippen molar-refractivity contribution in [1.82, 2.24) is 0 Å². The van der Waals surface area contributed by atoms with Crippen LogP contribution >= 0.6 is 0 Å². The maximum Gasteiger partial charge on any atom is 0.162 e. The van der Waals surface area contributed by atoms with E-state index in [1.54, 1.807) is 18.2 Å². The molecule has 0 aromatic heterocycles. The topological polar surface area (TPSA) is 0 Å². The molecule has 0 saturated heterocycles. The maximum atomic E-state index is 15.0. The molecule has 0 spiro atoms. The van der Waals surface area contributed by atoms with Gasteiger partial charge in [-0.25, -0.2) is 17.6 Å². The molecular formula is C32H42F4. The summed E-state index contributed by atoms with van der Waals surface area (Å²) in [5.74, 6) is -1.36. The lowest BCUT2D eigenvalue weighted by Gasteiger charge is -2.30. The lowest BCUT2D eigenvalue weighted by molar-refractivity contribution is 0.302. The van der Waals surface area contributed by atoms with Gasteiger partial charge in [0.2, 0.25) is 0 Å². The standard InChI is InChI=1S/C32H42F4/c1-3-5-6-25-17-19-27(31(35)29(25)33)24-14-9-22(10-15-24)11-16-26-18-20-28(32(36)30(26)34)23-12-7-21(4-2)8-13-23/h17-24H,3-16H2,1-2H3. The third-order valence-corrected chi connectivity index (χ3v) is 9.16. The highest BCUT2D eigenvalue weighted by Gasteiger charge is 2.28. The molecule has 198 valence electrons. The molecule has 0 heterocycles. The van der Waals surface area contributed by atoms with E-state index in [2.05, 4.69) is 6.92 Å². The molecule has 0 nitrogen and oxygen atoms in total. The van der Waals surface area contributed by atoms with Gasteiger partial charge >= 0.3 is 0 Å². The second-order valence-electron chi connectivity index (χ2n) is 11.4. The Hall–Kier alpha value is -1.84. The summed E-state index contributed by atoms with van der Waals surface area (Å²) < 4.78 is 59.2. The summed E-state index contributed by atoms with van der Waals surface area (Å²) in [5, 5.41) is 0. The SMILES string of the molecule is CCCCc1ccc(C2CCC(CCc3ccc(C4CCC(CC)CC4)c(F)c3F)CC2)c(F)c1F. The molecule has 0 unspecified atom stereocenters. The van der Waals surface area contributed by atoms with Crippen molar-refractivity contribution in [2.75, 3.05) is 0 Å². The Morgan fingerprint density at radius 3 is 1.53 bits per heavy atom. The van der Waals surface area contributed by atoms with Crippen LogP contribution in [-0.2, 0) is 12.8 Å². The Morgan fingerprint density at radius 2 is 1.06 bits per heavy atom. The van der Waals surface area contributed by atoms with Crippen molar-refractivity contribution in [3.8, 4) is 0 Å². The summed E-state index contributed by atoms with van der Waals surface area (Å²) in [4.78, 5) is 0. The summed E-state index contributed by atoms with van der Waals surface area (Å²) in [5.41, 5.74) is 2.00. The second-order valence-corrected chi connectivity index (χ2v) is 11.4. The second kappa shape index (κ2) is 12.6. The Morgan fingerprint density at radius 1 is 0.583 bits per heavy atom. The number of rotatable bonds is 9. The zero-order valence-electron chi connectivity index (χ0n) is 22.0. The van der Waals surface area contributed by atoms with Crippen LogP contribution in [0.4, 0.5) is 17.6 Å². The predicted octanol–water partition coefficient (Wildman–Crippen LogP) is 10.2. The smallest absolute Gasteiger partial charge is 0.162 e. The molecule has 4 rings (SSSR count). The molecule has 2 aromatic carbocycles. The van der Waals surface area contributed by atoms with Crippen LogP contribution in [0.25, 0.3) is 0 Å². The van der Waals surface area contributed by atoms with E-state index < -0.39 is 23.3 Å². The quantitative estimate of drug-likeness (QED) is 0.299. The third-order valence-electron chi connectivity index (χ3n) is 9.16. The first-order chi connectivity index (χ1) is 17.4. The fourth-order valence-electron chi connectivity index (χ4n) is 6.60. The molecule has 2 aromatic rings. The molecule has 2 aliphatic rings. The van der Waals surface area contributed by atoms with Crippen LogP contribution in [0.3, 0.4) is 0 Å². The summed E-state index contributed by atoms with van der Waals surface area (Å²) in [6.45, 7) is 4.25. The van der Waals surface area contributed by atoms with E-state index in [1.807, 2.05) is 13.0 Å². The average Bonchev–Trinajstić information content (AvgIpc) is 2.91. The Kier molecular flexibility index (Phi) is 9.52. The first-order valence-electron chi connectivity index (χ1n) is 14.4. The van der Waals surface area contributed by atoms with Gasteiger partial charge in [0.25, 0.3) is 0 Å². The van der Waals surface area contributed by atoms with Gasteiger partial charge in [0.1, 0.15) is 0 Å². The average molecular weight is 503 g/mol. The highest BCUT2D eigenvalue weighted by molar-refractivity contribution is 5.31. The van der Waals surface area contributed by atoms with Gasteiger partial charge in [-0.3, -0.25) is 0 Å². The Bertz CT molecular complexity index is 998. The zero-order valence-corrected chi connectivity index (χ0v) is 22.0. The molecule has 2 fully saturated rings. The molecule has 0 radical (unpaired) electrons. The molecule has 0 aliphatic heterocycles. The fraction of sp³-hybridized carbons (Fsp3) is 0.625. The van der Waals surface area contributed by atoms with Crippen LogP contribution in [0, 0.1) is 35.1 Å². The van der Waals surface area contributed by atoms with E-state index in [1.165, 1.54) is 6.42 Å². The molecule has 36 heavy (non-hydrogen) atoms. The molecule has 4 heteroatoms. The Balaban J connectivity index is 1.30. The number of hydrogen-bond donors (Lipinski definition) is 0. The van der Waals surface area contributed by atoms with Crippen LogP contribution in [0.2, 0.25) is 0 Å². The number of benzene rings is 2. The first kappa shape index (κ1) is 27.2. The highest BCUT2D eigenvalue weighted by Crippen LogP contribution is 2.41. The molecular weight excluding hydrogens is 460 g/mol. The molecule has 0 bridgehead atoms. The van der Waals surface area contributed by atoms with Gasteiger partial charge < -0.3 is 0 Å². The third kappa shape index (κ3) is 6.17. The molecule has 0 N–H and O–H groups in total. The lowest BCUT2D eigenvalue weighted by Crippen LogP contribution is -2.16. The largest absolute Gasteiger partial charge is 0.203 e. The normalized spacial score (nSPS) is 24.7. The Labute approximate surface area is 214 Å². The number of unbranched alkanes of at least 4 members (excludes halogenated alkanes) is 1. The summed E-state index contributed by atoms with van der Waals surface area (Å²) in [7, 11) is 0. The highest BCUT2D eigenvalue weighted by atomic mass is 19.2. The van der Waals surface area contributed by atoms with Gasteiger partial charge in [-0.05, 0) is 123 Å². The van der Waals surface area contributed by atoms with Crippen molar-refractivity contribution in [3.63, 3.8) is 0 Å². The van der Waals surface area contributed by atoms with E-state index >= 15 is 0 Å². The number of hydrogen-bond acceptors (Lipinski definition) is 0. The van der Waals surface area contributed by atoms with Crippen LogP contribution in [0.5, 0.6) is 0 Å². The van der Waals surface area contributed by atoms with Crippen molar-refractivity contribution in [3.05, 3.63) is 69.8 Å². The fourth-order valence-corrected chi connectivity index (χ4v) is 6.60. The van der Waals surface area contributed by atoms with Gasteiger partial charge in [0, 0.05) is 0 Å².